The van der Waals surface area contributed by atoms with E-state index in [0.717, 1.165) is 24.4 Å². The van der Waals surface area contributed by atoms with Crippen molar-refractivity contribution < 1.29 is 4.74 Å². The zero-order valence-electron chi connectivity index (χ0n) is 10.5. The molecular formula is C16H17NO. The number of rotatable bonds is 3. The number of nitrogens with one attached hydrogen (secondary N) is 1. The molecule has 0 amide bonds. The van der Waals surface area contributed by atoms with Gasteiger partial charge in [0.25, 0.3) is 0 Å². The van der Waals surface area contributed by atoms with E-state index in [9.17, 15) is 0 Å². The van der Waals surface area contributed by atoms with Crippen molar-refractivity contribution in [3.8, 4) is 5.75 Å². The molecule has 1 heterocycles. The van der Waals surface area contributed by atoms with Crippen LogP contribution in [-0.2, 0) is 6.42 Å². The molecular weight excluding hydrogens is 222 g/mol. The normalized spacial score (nSPS) is 17.1. The Bertz CT molecular complexity index is 536. The van der Waals surface area contributed by atoms with Gasteiger partial charge < -0.3 is 10.1 Å². The lowest BCUT2D eigenvalue weighted by Crippen LogP contribution is -2.23. The first-order valence-corrected chi connectivity index (χ1v) is 6.36. The van der Waals surface area contributed by atoms with Crippen LogP contribution >= 0.6 is 0 Å². The summed E-state index contributed by atoms with van der Waals surface area (Å²) in [5, 5.41) is 3.41. The van der Waals surface area contributed by atoms with Crippen LogP contribution in [0.1, 0.15) is 11.1 Å². The van der Waals surface area contributed by atoms with E-state index in [-0.39, 0.29) is 6.10 Å². The summed E-state index contributed by atoms with van der Waals surface area (Å²) < 4.78 is 5.92. The average molecular weight is 239 g/mol. The molecule has 2 aromatic carbocycles. The Balaban J connectivity index is 1.61. The second-order valence-electron chi connectivity index (χ2n) is 4.80. The third-order valence-corrected chi connectivity index (χ3v) is 3.26. The van der Waals surface area contributed by atoms with Gasteiger partial charge in [-0.15, -0.1) is 0 Å². The summed E-state index contributed by atoms with van der Waals surface area (Å²) in [6.45, 7) is 2.97. The quantitative estimate of drug-likeness (QED) is 0.886. The van der Waals surface area contributed by atoms with Crippen LogP contribution in [0, 0.1) is 6.92 Å². The molecule has 1 aliphatic heterocycles. The Morgan fingerprint density at radius 2 is 2.00 bits per heavy atom. The predicted molar refractivity (Wildman–Crippen MR) is 74.2 cm³/mol. The van der Waals surface area contributed by atoms with Gasteiger partial charge in [0, 0.05) is 12.1 Å². The summed E-state index contributed by atoms with van der Waals surface area (Å²) in [6.07, 6.45) is 1.23. The molecule has 2 heteroatoms. The summed E-state index contributed by atoms with van der Waals surface area (Å²) in [5.74, 6) is 1.04. The largest absolute Gasteiger partial charge is 0.488 e. The van der Waals surface area contributed by atoms with E-state index in [0.29, 0.717) is 0 Å². The zero-order valence-corrected chi connectivity index (χ0v) is 10.5. The maximum atomic E-state index is 5.92. The minimum Gasteiger partial charge on any atom is -0.488 e. The minimum atomic E-state index is 0.238. The van der Waals surface area contributed by atoms with Crippen molar-refractivity contribution in [3.63, 3.8) is 0 Å². The van der Waals surface area contributed by atoms with Gasteiger partial charge in [0.2, 0.25) is 0 Å². The van der Waals surface area contributed by atoms with Gasteiger partial charge >= 0.3 is 0 Å². The van der Waals surface area contributed by atoms with Crippen LogP contribution in [0.25, 0.3) is 0 Å². The highest BCUT2D eigenvalue weighted by molar-refractivity contribution is 5.44. The van der Waals surface area contributed by atoms with Crippen molar-refractivity contribution in [1.29, 1.82) is 0 Å². The van der Waals surface area contributed by atoms with Crippen LogP contribution in [0.5, 0.6) is 5.75 Å². The van der Waals surface area contributed by atoms with E-state index in [4.69, 9.17) is 4.74 Å². The molecule has 0 saturated heterocycles. The predicted octanol–water partition coefficient (Wildman–Crippen LogP) is 3.41. The third-order valence-electron chi connectivity index (χ3n) is 3.26. The van der Waals surface area contributed by atoms with Gasteiger partial charge in [-0.25, -0.2) is 0 Å². The summed E-state index contributed by atoms with van der Waals surface area (Å²) in [4.78, 5) is 0. The number of aryl methyl sites for hydroxylation is 1. The molecule has 0 bridgehead atoms. The molecule has 3 rings (SSSR count). The number of para-hydroxylation sites is 1. The first-order chi connectivity index (χ1) is 8.81. The molecule has 0 aromatic heterocycles. The summed E-state index contributed by atoms with van der Waals surface area (Å²) in [6, 6.07) is 16.6. The van der Waals surface area contributed by atoms with Crippen LogP contribution < -0.4 is 10.1 Å². The van der Waals surface area contributed by atoms with Gasteiger partial charge in [0.1, 0.15) is 11.9 Å². The molecule has 0 radical (unpaired) electrons. The molecule has 2 aromatic rings. The SMILES string of the molecule is Cc1ccc2c(c1)CC(CNc1ccccc1)O2. The second-order valence-corrected chi connectivity index (χ2v) is 4.80. The highest BCUT2D eigenvalue weighted by Gasteiger charge is 2.22. The van der Waals surface area contributed by atoms with Crippen LogP contribution in [0.3, 0.4) is 0 Å². The monoisotopic (exact) mass is 239 g/mol. The Morgan fingerprint density at radius 3 is 2.83 bits per heavy atom. The van der Waals surface area contributed by atoms with Crippen LogP contribution in [0.2, 0.25) is 0 Å². The molecule has 2 nitrogen and oxygen atoms in total. The van der Waals surface area contributed by atoms with Gasteiger partial charge in [-0.05, 0) is 30.7 Å². The maximum Gasteiger partial charge on any atom is 0.123 e. The average Bonchev–Trinajstić information content (AvgIpc) is 2.79. The highest BCUT2D eigenvalue weighted by Crippen LogP contribution is 2.29. The number of fused-ring (bicyclic) bond motifs is 1. The standard InChI is InChI=1S/C16H17NO/c1-12-7-8-16-13(9-12)10-15(18-16)11-17-14-5-3-2-4-6-14/h2-9,15,17H,10-11H2,1H3. The van der Waals surface area contributed by atoms with Crippen molar-refractivity contribution in [3.05, 3.63) is 59.7 Å². The van der Waals surface area contributed by atoms with Crippen molar-refractivity contribution in [1.82, 2.24) is 0 Å². The van der Waals surface area contributed by atoms with E-state index in [2.05, 4.69) is 42.6 Å². The van der Waals surface area contributed by atoms with Crippen molar-refractivity contribution in [2.75, 3.05) is 11.9 Å². The van der Waals surface area contributed by atoms with Gasteiger partial charge in [0.15, 0.2) is 0 Å². The summed E-state index contributed by atoms with van der Waals surface area (Å²) >= 11 is 0. The summed E-state index contributed by atoms with van der Waals surface area (Å²) in [5.41, 5.74) is 3.78. The highest BCUT2D eigenvalue weighted by atomic mass is 16.5. The van der Waals surface area contributed by atoms with Crippen LogP contribution in [-0.4, -0.2) is 12.6 Å². The van der Waals surface area contributed by atoms with E-state index in [1.165, 1.54) is 11.1 Å². The van der Waals surface area contributed by atoms with E-state index >= 15 is 0 Å². The van der Waals surface area contributed by atoms with Gasteiger partial charge in [-0.1, -0.05) is 35.9 Å². The first kappa shape index (κ1) is 11.1. The van der Waals surface area contributed by atoms with Crippen molar-refractivity contribution >= 4 is 5.69 Å². The van der Waals surface area contributed by atoms with Gasteiger partial charge in [0.05, 0.1) is 6.54 Å². The van der Waals surface area contributed by atoms with E-state index < -0.39 is 0 Å². The molecule has 0 spiro atoms. The topological polar surface area (TPSA) is 21.3 Å². The summed E-state index contributed by atoms with van der Waals surface area (Å²) in [7, 11) is 0. The lowest BCUT2D eigenvalue weighted by Gasteiger charge is -2.12. The maximum absolute atomic E-state index is 5.92. The first-order valence-electron chi connectivity index (χ1n) is 6.36. The van der Waals surface area contributed by atoms with Gasteiger partial charge in [-0.2, -0.15) is 0 Å². The third kappa shape index (κ3) is 2.33. The van der Waals surface area contributed by atoms with Crippen molar-refractivity contribution in [2.45, 2.75) is 19.4 Å². The van der Waals surface area contributed by atoms with Gasteiger partial charge in [-0.3, -0.25) is 0 Å². The zero-order chi connectivity index (χ0) is 12.4. The number of hydrogen-bond acceptors (Lipinski definition) is 2. The van der Waals surface area contributed by atoms with Crippen molar-refractivity contribution in [2.24, 2.45) is 0 Å². The van der Waals surface area contributed by atoms with Crippen LogP contribution in [0.15, 0.2) is 48.5 Å². The Labute approximate surface area is 108 Å². The smallest absolute Gasteiger partial charge is 0.123 e. The fourth-order valence-corrected chi connectivity index (χ4v) is 2.35. The number of hydrogen-bond donors (Lipinski definition) is 1. The minimum absolute atomic E-state index is 0.238. The van der Waals surface area contributed by atoms with E-state index in [1.54, 1.807) is 0 Å². The molecule has 92 valence electrons. The number of benzene rings is 2. The molecule has 18 heavy (non-hydrogen) atoms. The fraction of sp³-hybridized carbons (Fsp3) is 0.250. The van der Waals surface area contributed by atoms with Crippen LogP contribution in [0.4, 0.5) is 5.69 Å². The second kappa shape index (κ2) is 4.73. The Kier molecular flexibility index (Phi) is 2.93. The Hall–Kier alpha value is -1.96. The number of ether oxygens (including phenoxy) is 1. The fourth-order valence-electron chi connectivity index (χ4n) is 2.35. The lowest BCUT2D eigenvalue weighted by molar-refractivity contribution is 0.246. The lowest BCUT2D eigenvalue weighted by atomic mass is 10.1. The van der Waals surface area contributed by atoms with E-state index in [1.807, 2.05) is 18.2 Å². The molecule has 1 N–H and O–H groups in total. The Morgan fingerprint density at radius 1 is 1.17 bits per heavy atom. The number of anilines is 1. The molecule has 0 fully saturated rings. The molecule has 1 atom stereocenters. The molecule has 0 aliphatic carbocycles. The molecule has 1 aliphatic rings. The molecule has 1 unspecified atom stereocenters. The molecule has 0 saturated carbocycles.